The maximum absolute atomic E-state index is 12.2. The van der Waals surface area contributed by atoms with Gasteiger partial charge in [0, 0.05) is 5.69 Å². The van der Waals surface area contributed by atoms with Crippen molar-refractivity contribution >= 4 is 17.6 Å². The van der Waals surface area contributed by atoms with Gasteiger partial charge in [0.2, 0.25) is 0 Å². The van der Waals surface area contributed by atoms with E-state index in [-0.39, 0.29) is 5.91 Å². The number of carbonyl (C=O) groups is 2. The predicted molar refractivity (Wildman–Crippen MR) is 78.1 cm³/mol. The van der Waals surface area contributed by atoms with Gasteiger partial charge in [-0.2, -0.15) is 0 Å². The Kier molecular flexibility index (Phi) is 4.02. The minimum Gasteiger partial charge on any atom is -0.479 e. The summed E-state index contributed by atoms with van der Waals surface area (Å²) in [6, 6.07) is 5.33. The Balaban J connectivity index is 1.72. The molecule has 0 saturated carbocycles. The first-order chi connectivity index (χ1) is 11.0. The number of rotatable bonds is 4. The molecular weight excluding hydrogens is 302 g/mol. The zero-order valence-corrected chi connectivity index (χ0v) is 12.3. The third-order valence-electron chi connectivity index (χ3n) is 3.66. The van der Waals surface area contributed by atoms with Crippen molar-refractivity contribution in [2.45, 2.75) is 32.0 Å². The van der Waals surface area contributed by atoms with Crippen molar-refractivity contribution in [1.82, 2.24) is 20.2 Å². The summed E-state index contributed by atoms with van der Waals surface area (Å²) in [6.45, 7) is 1.90. The van der Waals surface area contributed by atoms with E-state index < -0.39 is 18.2 Å². The lowest BCUT2D eigenvalue weighted by Crippen LogP contribution is -2.30. The Morgan fingerprint density at radius 2 is 2.13 bits per heavy atom. The van der Waals surface area contributed by atoms with Gasteiger partial charge in [-0.05, 0) is 47.9 Å². The molecule has 2 atom stereocenters. The summed E-state index contributed by atoms with van der Waals surface area (Å²) in [6.07, 6.45) is 0.506. The minimum atomic E-state index is -1.04. The molecule has 1 aromatic heterocycles. The monoisotopic (exact) mass is 317 g/mol. The molecule has 1 amide bonds. The van der Waals surface area contributed by atoms with Crippen LogP contribution in [0.5, 0.6) is 0 Å². The highest BCUT2D eigenvalue weighted by molar-refractivity contribution is 5.95. The molecular formula is C14H15N5O4. The highest BCUT2D eigenvalue weighted by atomic mass is 16.5. The predicted octanol–water partition coefficient (Wildman–Crippen LogP) is 0.541. The number of nitrogens with one attached hydrogen (secondary N) is 1. The number of tetrazole rings is 1. The summed E-state index contributed by atoms with van der Waals surface area (Å²) < 4.78 is 6.73. The van der Waals surface area contributed by atoms with E-state index in [4.69, 9.17) is 9.84 Å². The molecule has 1 aliphatic rings. The number of hydrogen-bond acceptors (Lipinski definition) is 6. The van der Waals surface area contributed by atoms with Crippen molar-refractivity contribution in [2.24, 2.45) is 0 Å². The fourth-order valence-corrected chi connectivity index (χ4v) is 2.44. The topological polar surface area (TPSA) is 119 Å². The van der Waals surface area contributed by atoms with E-state index in [0.717, 1.165) is 11.3 Å². The molecule has 3 rings (SSSR count). The third kappa shape index (κ3) is 3.19. The molecule has 1 aliphatic heterocycles. The van der Waals surface area contributed by atoms with E-state index in [2.05, 4.69) is 20.8 Å². The van der Waals surface area contributed by atoms with E-state index in [9.17, 15) is 9.59 Å². The summed E-state index contributed by atoms with van der Waals surface area (Å²) in [7, 11) is 0. The lowest BCUT2D eigenvalue weighted by molar-refractivity contribution is -0.150. The maximum atomic E-state index is 12.2. The first-order valence-corrected chi connectivity index (χ1v) is 7.08. The van der Waals surface area contributed by atoms with Crippen molar-refractivity contribution in [2.75, 3.05) is 5.32 Å². The van der Waals surface area contributed by atoms with Gasteiger partial charge in [0.1, 0.15) is 12.4 Å². The number of aliphatic carboxylic acids is 1. The first kappa shape index (κ1) is 15.1. The van der Waals surface area contributed by atoms with Crippen LogP contribution in [0, 0.1) is 6.92 Å². The number of amides is 1. The highest BCUT2D eigenvalue weighted by Crippen LogP contribution is 2.23. The lowest BCUT2D eigenvalue weighted by Gasteiger charge is -2.13. The average molecular weight is 317 g/mol. The molecule has 2 N–H and O–H groups in total. The molecule has 2 heterocycles. The molecule has 0 aliphatic carbocycles. The van der Waals surface area contributed by atoms with Gasteiger partial charge in [-0.15, -0.1) is 5.10 Å². The molecule has 2 aromatic rings. The van der Waals surface area contributed by atoms with Crippen molar-refractivity contribution in [3.05, 3.63) is 30.1 Å². The molecule has 0 spiro atoms. The summed E-state index contributed by atoms with van der Waals surface area (Å²) >= 11 is 0. The maximum Gasteiger partial charge on any atom is 0.332 e. The van der Waals surface area contributed by atoms with E-state index in [1.54, 1.807) is 12.1 Å². The van der Waals surface area contributed by atoms with Gasteiger partial charge in [-0.1, -0.05) is 6.07 Å². The SMILES string of the molecule is Cc1ccc(NC(=O)[C@@H]2CC[C@H](C(=O)O)O2)cc1-n1cnnn1. The second kappa shape index (κ2) is 6.13. The van der Waals surface area contributed by atoms with Crippen LogP contribution < -0.4 is 5.32 Å². The fourth-order valence-electron chi connectivity index (χ4n) is 2.44. The van der Waals surface area contributed by atoms with Gasteiger partial charge in [0.15, 0.2) is 6.10 Å². The fraction of sp³-hybridized carbons (Fsp3) is 0.357. The van der Waals surface area contributed by atoms with E-state index in [1.165, 1.54) is 11.0 Å². The van der Waals surface area contributed by atoms with Gasteiger partial charge < -0.3 is 15.2 Å². The first-order valence-electron chi connectivity index (χ1n) is 7.08. The minimum absolute atomic E-state index is 0.331. The number of benzene rings is 1. The highest BCUT2D eigenvalue weighted by Gasteiger charge is 2.34. The number of carboxylic acids is 1. The summed E-state index contributed by atoms with van der Waals surface area (Å²) in [5, 5.41) is 22.6. The normalized spacial score (nSPS) is 20.4. The molecule has 23 heavy (non-hydrogen) atoms. The average Bonchev–Trinajstić information content (AvgIpc) is 3.20. The molecule has 9 heteroatoms. The van der Waals surface area contributed by atoms with Gasteiger partial charge in [-0.25, -0.2) is 9.48 Å². The Morgan fingerprint density at radius 1 is 1.35 bits per heavy atom. The van der Waals surface area contributed by atoms with Gasteiger partial charge in [0.25, 0.3) is 5.91 Å². The second-order valence-corrected chi connectivity index (χ2v) is 5.27. The van der Waals surface area contributed by atoms with Crippen molar-refractivity contribution < 1.29 is 19.4 Å². The smallest absolute Gasteiger partial charge is 0.332 e. The van der Waals surface area contributed by atoms with E-state index in [1.807, 2.05) is 13.0 Å². The van der Waals surface area contributed by atoms with Gasteiger partial charge in [0.05, 0.1) is 5.69 Å². The van der Waals surface area contributed by atoms with Crippen LogP contribution in [0.3, 0.4) is 0 Å². The van der Waals surface area contributed by atoms with E-state index >= 15 is 0 Å². The van der Waals surface area contributed by atoms with Crippen molar-refractivity contribution in [3.63, 3.8) is 0 Å². The zero-order valence-electron chi connectivity index (χ0n) is 12.3. The number of nitrogens with zero attached hydrogens (tertiary/aromatic N) is 4. The van der Waals surface area contributed by atoms with Crippen LogP contribution in [-0.2, 0) is 14.3 Å². The number of ether oxygens (including phenoxy) is 1. The number of hydrogen-bond donors (Lipinski definition) is 2. The Bertz CT molecular complexity index is 731. The zero-order chi connectivity index (χ0) is 16.4. The number of anilines is 1. The standard InChI is InChI=1S/C14H15N5O4/c1-8-2-3-9(6-10(8)19-7-15-17-18-19)16-13(20)11-4-5-12(23-11)14(21)22/h2-3,6-7,11-12H,4-5H2,1H3,(H,16,20)(H,21,22)/t11-,12+/m0/s1. The Morgan fingerprint density at radius 3 is 2.78 bits per heavy atom. The molecule has 9 nitrogen and oxygen atoms in total. The van der Waals surface area contributed by atoms with Crippen LogP contribution >= 0.6 is 0 Å². The van der Waals surface area contributed by atoms with Crippen LogP contribution in [0.25, 0.3) is 5.69 Å². The number of carboxylic acid groups (broad SMARTS) is 1. The van der Waals surface area contributed by atoms with Crippen molar-refractivity contribution in [3.8, 4) is 5.69 Å². The molecule has 120 valence electrons. The van der Waals surface area contributed by atoms with Crippen molar-refractivity contribution in [1.29, 1.82) is 0 Å². The van der Waals surface area contributed by atoms with Gasteiger partial charge in [-0.3, -0.25) is 4.79 Å². The molecule has 1 saturated heterocycles. The third-order valence-corrected chi connectivity index (χ3v) is 3.66. The molecule has 0 bridgehead atoms. The van der Waals surface area contributed by atoms with Crippen LogP contribution in [0.4, 0.5) is 5.69 Å². The number of aromatic nitrogens is 4. The second-order valence-electron chi connectivity index (χ2n) is 5.27. The lowest BCUT2D eigenvalue weighted by atomic mass is 10.1. The molecule has 0 radical (unpaired) electrons. The Hall–Kier alpha value is -2.81. The number of carbonyl (C=O) groups excluding carboxylic acids is 1. The van der Waals surface area contributed by atoms with Crippen LogP contribution in [0.15, 0.2) is 24.5 Å². The summed E-state index contributed by atoms with van der Waals surface area (Å²) in [4.78, 5) is 23.1. The number of aryl methyl sites for hydroxylation is 1. The summed E-state index contributed by atoms with van der Waals surface area (Å²) in [5.74, 6) is -1.41. The largest absolute Gasteiger partial charge is 0.479 e. The summed E-state index contributed by atoms with van der Waals surface area (Å²) in [5.41, 5.74) is 2.25. The van der Waals surface area contributed by atoms with Gasteiger partial charge >= 0.3 is 5.97 Å². The molecule has 1 aromatic carbocycles. The quantitative estimate of drug-likeness (QED) is 0.844. The molecule has 0 unspecified atom stereocenters. The molecule has 1 fully saturated rings. The Labute approximate surface area is 131 Å². The van der Waals surface area contributed by atoms with Crippen LogP contribution in [0.1, 0.15) is 18.4 Å². The van der Waals surface area contributed by atoms with Crippen LogP contribution in [0.2, 0.25) is 0 Å². The van der Waals surface area contributed by atoms with Crippen LogP contribution in [-0.4, -0.2) is 49.4 Å². The van der Waals surface area contributed by atoms with E-state index in [0.29, 0.717) is 18.5 Å².